The first-order chi connectivity index (χ1) is 14.6. The van der Waals surface area contributed by atoms with Crippen molar-refractivity contribution in [3.63, 3.8) is 0 Å². The molecule has 150 valence electrons. The molecular weight excluding hydrogens is 411 g/mol. The van der Waals surface area contributed by atoms with Gasteiger partial charge >= 0.3 is 0 Å². The van der Waals surface area contributed by atoms with E-state index < -0.39 is 5.82 Å². The Hall–Kier alpha value is -3.51. The lowest BCUT2D eigenvalue weighted by Crippen LogP contribution is -1.98. The summed E-state index contributed by atoms with van der Waals surface area (Å²) in [5, 5.41) is 0.288. The first kappa shape index (κ1) is 18.5. The molecule has 2 aliphatic rings. The van der Waals surface area contributed by atoms with E-state index in [1.54, 1.807) is 42.5 Å². The fourth-order valence-corrected chi connectivity index (χ4v) is 3.43. The van der Waals surface area contributed by atoms with Gasteiger partial charge in [-0.3, -0.25) is 4.79 Å². The second-order valence-corrected chi connectivity index (χ2v) is 7.14. The minimum Gasteiger partial charge on any atom is -0.489 e. The summed E-state index contributed by atoms with van der Waals surface area (Å²) in [5.41, 5.74) is 1.87. The first-order valence-electron chi connectivity index (χ1n) is 9.11. The van der Waals surface area contributed by atoms with Crippen molar-refractivity contribution in [1.82, 2.24) is 0 Å². The predicted octanol–water partition coefficient (Wildman–Crippen LogP) is 5.40. The molecule has 0 unspecified atom stereocenters. The quantitative estimate of drug-likeness (QED) is 0.525. The number of hydrogen-bond acceptors (Lipinski definition) is 5. The molecule has 2 aliphatic heterocycles. The summed E-state index contributed by atoms with van der Waals surface area (Å²) in [5.74, 6) is 1.80. The summed E-state index contributed by atoms with van der Waals surface area (Å²) >= 11 is 6.03. The molecule has 0 spiro atoms. The number of carbonyl (C=O) groups excluding carboxylic acids is 1. The third kappa shape index (κ3) is 3.46. The lowest BCUT2D eigenvalue weighted by atomic mass is 10.1. The van der Waals surface area contributed by atoms with Gasteiger partial charge in [-0.1, -0.05) is 23.7 Å². The molecule has 3 aromatic rings. The number of Topliss-reactive ketones (excluding diaryl/α,β-unsaturated/α-hetero) is 1. The number of carbonyl (C=O) groups is 1. The maximum Gasteiger partial charge on any atom is 0.231 e. The lowest BCUT2D eigenvalue weighted by Gasteiger charge is -2.08. The summed E-state index contributed by atoms with van der Waals surface area (Å²) in [6, 6.07) is 14.5. The number of ether oxygens (including phenoxy) is 4. The molecular formula is C23H14ClFO5. The third-order valence-electron chi connectivity index (χ3n) is 4.75. The van der Waals surface area contributed by atoms with Crippen LogP contribution in [0.25, 0.3) is 6.08 Å². The van der Waals surface area contributed by atoms with Crippen molar-refractivity contribution >= 4 is 23.5 Å². The fraction of sp³-hybridized carbons (Fsp3) is 0.0870. The molecule has 0 fully saturated rings. The number of rotatable bonds is 4. The highest BCUT2D eigenvalue weighted by Crippen LogP contribution is 2.37. The van der Waals surface area contributed by atoms with Crippen LogP contribution in [0.5, 0.6) is 23.0 Å². The molecule has 0 radical (unpaired) electrons. The van der Waals surface area contributed by atoms with Crippen molar-refractivity contribution < 1.29 is 28.1 Å². The van der Waals surface area contributed by atoms with Gasteiger partial charge in [-0.25, -0.2) is 4.39 Å². The highest BCUT2D eigenvalue weighted by atomic mass is 35.5. The lowest BCUT2D eigenvalue weighted by molar-refractivity contribution is 0.101. The number of allylic oxidation sites excluding steroid dienone is 1. The molecule has 30 heavy (non-hydrogen) atoms. The number of halogens is 2. The maximum atomic E-state index is 13.2. The first-order valence-corrected chi connectivity index (χ1v) is 9.49. The van der Waals surface area contributed by atoms with Crippen molar-refractivity contribution in [2.75, 3.05) is 6.79 Å². The Labute approximate surface area is 176 Å². The molecule has 0 aliphatic carbocycles. The van der Waals surface area contributed by atoms with Crippen LogP contribution in [-0.4, -0.2) is 12.6 Å². The van der Waals surface area contributed by atoms with Crippen molar-refractivity contribution in [3.05, 3.63) is 87.9 Å². The Morgan fingerprint density at radius 1 is 1.00 bits per heavy atom. The second-order valence-electron chi connectivity index (χ2n) is 6.73. The van der Waals surface area contributed by atoms with Crippen LogP contribution in [0.15, 0.2) is 60.4 Å². The van der Waals surface area contributed by atoms with Gasteiger partial charge in [0.05, 0.1) is 10.6 Å². The Morgan fingerprint density at radius 3 is 2.73 bits per heavy atom. The zero-order valence-corrected chi connectivity index (χ0v) is 16.2. The molecule has 0 atom stereocenters. The van der Waals surface area contributed by atoms with E-state index in [0.717, 1.165) is 5.56 Å². The molecule has 0 saturated carbocycles. The number of ketones is 1. The summed E-state index contributed by atoms with van der Waals surface area (Å²) in [6.45, 7) is 0.341. The van der Waals surface area contributed by atoms with Crippen LogP contribution in [0.3, 0.4) is 0 Å². The number of hydrogen-bond donors (Lipinski definition) is 0. The Morgan fingerprint density at radius 2 is 1.87 bits per heavy atom. The fourth-order valence-electron chi connectivity index (χ4n) is 3.21. The summed E-state index contributed by atoms with van der Waals surface area (Å²) < 4.78 is 35.3. The van der Waals surface area contributed by atoms with E-state index in [1.807, 2.05) is 6.07 Å². The second kappa shape index (κ2) is 7.39. The summed E-state index contributed by atoms with van der Waals surface area (Å²) in [6.07, 6.45) is 1.66. The average molecular weight is 425 g/mol. The molecule has 0 amide bonds. The predicted molar refractivity (Wildman–Crippen MR) is 108 cm³/mol. The topological polar surface area (TPSA) is 54.0 Å². The van der Waals surface area contributed by atoms with Crippen LogP contribution in [0.1, 0.15) is 21.5 Å². The van der Waals surface area contributed by atoms with Crippen molar-refractivity contribution in [2.24, 2.45) is 0 Å². The Bertz CT molecular complexity index is 1200. The maximum absolute atomic E-state index is 13.2. The standard InChI is InChI=1S/C23H14ClFO5/c24-18-9-15(25)3-2-14(18)11-27-16-4-5-17-20(10-16)30-22(23(17)26)8-13-1-6-19-21(7-13)29-12-28-19/h1-10H,11-12H2/b22-8-. The van der Waals surface area contributed by atoms with Crippen LogP contribution in [-0.2, 0) is 6.61 Å². The minimum absolute atomic E-state index is 0.158. The Balaban J connectivity index is 1.33. The van der Waals surface area contributed by atoms with Gasteiger partial charge in [0, 0.05) is 11.6 Å². The molecule has 0 aromatic heterocycles. The van der Waals surface area contributed by atoms with E-state index >= 15 is 0 Å². The average Bonchev–Trinajstić information content (AvgIpc) is 3.31. The van der Waals surface area contributed by atoms with Crippen molar-refractivity contribution in [2.45, 2.75) is 6.61 Å². The molecule has 5 nitrogen and oxygen atoms in total. The van der Waals surface area contributed by atoms with Gasteiger partial charge in [-0.15, -0.1) is 0 Å². The van der Waals surface area contributed by atoms with Gasteiger partial charge in [0.1, 0.15) is 23.9 Å². The molecule has 0 saturated heterocycles. The van der Waals surface area contributed by atoms with E-state index in [1.165, 1.54) is 12.1 Å². The van der Waals surface area contributed by atoms with E-state index in [4.69, 9.17) is 30.5 Å². The van der Waals surface area contributed by atoms with Crippen LogP contribution in [0.2, 0.25) is 5.02 Å². The smallest absolute Gasteiger partial charge is 0.231 e. The van der Waals surface area contributed by atoms with E-state index in [2.05, 4.69) is 0 Å². The van der Waals surface area contributed by atoms with E-state index in [-0.39, 0.29) is 30.0 Å². The zero-order chi connectivity index (χ0) is 20.7. The van der Waals surface area contributed by atoms with Gasteiger partial charge in [0.2, 0.25) is 12.6 Å². The molecule has 2 heterocycles. The Kier molecular flexibility index (Phi) is 4.56. The zero-order valence-electron chi connectivity index (χ0n) is 15.5. The van der Waals surface area contributed by atoms with Gasteiger partial charge in [0.25, 0.3) is 0 Å². The normalized spacial score (nSPS) is 15.3. The van der Waals surface area contributed by atoms with Crippen molar-refractivity contribution in [1.29, 1.82) is 0 Å². The molecule has 0 bridgehead atoms. The van der Waals surface area contributed by atoms with Gasteiger partial charge in [-0.05, 0) is 48.0 Å². The van der Waals surface area contributed by atoms with Crippen LogP contribution in [0, 0.1) is 5.82 Å². The van der Waals surface area contributed by atoms with Crippen LogP contribution < -0.4 is 18.9 Å². The highest BCUT2D eigenvalue weighted by Gasteiger charge is 2.28. The van der Waals surface area contributed by atoms with Gasteiger partial charge in [0.15, 0.2) is 17.3 Å². The monoisotopic (exact) mass is 424 g/mol. The van der Waals surface area contributed by atoms with Crippen molar-refractivity contribution in [3.8, 4) is 23.0 Å². The molecule has 7 heteroatoms. The largest absolute Gasteiger partial charge is 0.489 e. The molecule has 3 aromatic carbocycles. The highest BCUT2D eigenvalue weighted by molar-refractivity contribution is 6.31. The minimum atomic E-state index is -0.407. The van der Waals surface area contributed by atoms with Gasteiger partial charge in [-0.2, -0.15) is 0 Å². The number of benzene rings is 3. The molecule has 5 rings (SSSR count). The van der Waals surface area contributed by atoms with Crippen LogP contribution >= 0.6 is 11.6 Å². The number of fused-ring (bicyclic) bond motifs is 2. The summed E-state index contributed by atoms with van der Waals surface area (Å²) in [7, 11) is 0. The van der Waals surface area contributed by atoms with Gasteiger partial charge < -0.3 is 18.9 Å². The molecule has 0 N–H and O–H groups in total. The SMILES string of the molecule is O=C1/C(=C/c2ccc3c(c2)OCO3)Oc2cc(OCc3ccc(F)cc3Cl)ccc21. The van der Waals surface area contributed by atoms with E-state index in [9.17, 15) is 9.18 Å². The third-order valence-corrected chi connectivity index (χ3v) is 5.10. The van der Waals surface area contributed by atoms with E-state index in [0.29, 0.717) is 34.1 Å². The summed E-state index contributed by atoms with van der Waals surface area (Å²) in [4.78, 5) is 12.7. The van der Waals surface area contributed by atoms with Crippen LogP contribution in [0.4, 0.5) is 4.39 Å².